The number of rotatable bonds is 5. The van der Waals surface area contributed by atoms with Crippen molar-refractivity contribution in [2.75, 3.05) is 5.32 Å². The highest BCUT2D eigenvalue weighted by Gasteiger charge is 2.26. The minimum atomic E-state index is -0.226. The quantitative estimate of drug-likeness (QED) is 0.547. The summed E-state index contributed by atoms with van der Waals surface area (Å²) in [6, 6.07) is 9.80. The zero-order valence-electron chi connectivity index (χ0n) is 17.2. The first-order valence-corrected chi connectivity index (χ1v) is 10.2. The predicted molar refractivity (Wildman–Crippen MR) is 114 cm³/mol. The zero-order chi connectivity index (χ0) is 20.8. The van der Waals surface area contributed by atoms with Crippen molar-refractivity contribution in [1.29, 1.82) is 0 Å². The van der Waals surface area contributed by atoms with Crippen LogP contribution < -0.4 is 5.32 Å². The van der Waals surface area contributed by atoms with Gasteiger partial charge in [0, 0.05) is 30.9 Å². The van der Waals surface area contributed by atoms with Crippen molar-refractivity contribution in [1.82, 2.24) is 29.3 Å². The van der Waals surface area contributed by atoms with Crippen LogP contribution in [0, 0.1) is 0 Å². The molecular weight excluding hydrogens is 378 g/mol. The molecule has 152 valence electrons. The number of anilines is 1. The van der Waals surface area contributed by atoms with Crippen LogP contribution in [-0.4, -0.2) is 35.2 Å². The van der Waals surface area contributed by atoms with E-state index in [9.17, 15) is 4.79 Å². The zero-order valence-corrected chi connectivity index (χ0v) is 17.2. The standard InChI is InChI=1S/C22H23N7O/c1-13(2)29-12-23-27-21(29)17-5-4-6-19(24-17)26-22(30)15-11-28(3)18-10-9-16(14-7-8-14)25-20(15)18/h4-6,9-14H,7-8H2,1-3H3,(H,24,26,30). The second-order valence-corrected chi connectivity index (χ2v) is 8.05. The summed E-state index contributed by atoms with van der Waals surface area (Å²) in [7, 11) is 1.93. The van der Waals surface area contributed by atoms with Crippen LogP contribution in [0.3, 0.4) is 0 Å². The Hall–Kier alpha value is -3.55. The maximum absolute atomic E-state index is 13.1. The Balaban J connectivity index is 1.46. The summed E-state index contributed by atoms with van der Waals surface area (Å²) in [6.45, 7) is 4.11. The van der Waals surface area contributed by atoms with Gasteiger partial charge in [0.25, 0.3) is 5.91 Å². The number of aromatic nitrogens is 6. The number of hydrogen-bond acceptors (Lipinski definition) is 5. The third-order valence-corrected chi connectivity index (χ3v) is 5.44. The van der Waals surface area contributed by atoms with Gasteiger partial charge in [0.15, 0.2) is 5.82 Å². The van der Waals surface area contributed by atoms with E-state index in [0.717, 1.165) is 16.7 Å². The number of carbonyl (C=O) groups is 1. The number of nitrogens with one attached hydrogen (secondary N) is 1. The molecular formula is C22H23N7O. The smallest absolute Gasteiger partial charge is 0.260 e. The molecule has 8 heteroatoms. The average Bonchev–Trinajstić information content (AvgIpc) is 3.37. The lowest BCUT2D eigenvalue weighted by Crippen LogP contribution is -2.13. The Morgan fingerprint density at radius 1 is 1.17 bits per heavy atom. The lowest BCUT2D eigenvalue weighted by atomic mass is 10.2. The van der Waals surface area contributed by atoms with Crippen molar-refractivity contribution in [2.45, 2.75) is 38.6 Å². The Kier molecular flexibility index (Phi) is 4.34. The summed E-state index contributed by atoms with van der Waals surface area (Å²) in [5.41, 5.74) is 3.95. The van der Waals surface area contributed by atoms with Gasteiger partial charge in [0.05, 0.1) is 11.1 Å². The molecule has 1 amide bonds. The summed E-state index contributed by atoms with van der Waals surface area (Å²) in [5.74, 6) is 1.44. The van der Waals surface area contributed by atoms with E-state index in [1.165, 1.54) is 12.8 Å². The van der Waals surface area contributed by atoms with Crippen LogP contribution in [0.4, 0.5) is 5.82 Å². The van der Waals surface area contributed by atoms with Gasteiger partial charge in [0.2, 0.25) is 0 Å². The van der Waals surface area contributed by atoms with Gasteiger partial charge in [-0.2, -0.15) is 0 Å². The van der Waals surface area contributed by atoms with E-state index in [0.29, 0.717) is 28.8 Å². The number of carbonyl (C=O) groups excluding carboxylic acids is 1. The molecule has 1 saturated carbocycles. The highest BCUT2D eigenvalue weighted by atomic mass is 16.1. The second kappa shape index (κ2) is 7.05. The van der Waals surface area contributed by atoms with E-state index in [-0.39, 0.29) is 11.9 Å². The fourth-order valence-corrected chi connectivity index (χ4v) is 3.66. The molecule has 1 fully saturated rings. The van der Waals surface area contributed by atoms with Gasteiger partial charge in [-0.25, -0.2) is 4.98 Å². The molecule has 8 nitrogen and oxygen atoms in total. The van der Waals surface area contributed by atoms with E-state index in [1.807, 2.05) is 40.6 Å². The number of hydrogen-bond donors (Lipinski definition) is 1. The molecule has 0 bridgehead atoms. The van der Waals surface area contributed by atoms with Crippen LogP contribution in [0.25, 0.3) is 22.6 Å². The Morgan fingerprint density at radius 2 is 2.00 bits per heavy atom. The van der Waals surface area contributed by atoms with Gasteiger partial charge in [-0.3, -0.25) is 9.78 Å². The summed E-state index contributed by atoms with van der Waals surface area (Å²) in [6.07, 6.45) is 5.85. The largest absolute Gasteiger partial charge is 0.348 e. The maximum Gasteiger partial charge on any atom is 0.260 e. The molecule has 0 spiro atoms. The fraction of sp³-hybridized carbons (Fsp3) is 0.318. The molecule has 1 aliphatic carbocycles. The van der Waals surface area contributed by atoms with E-state index < -0.39 is 0 Å². The third-order valence-electron chi connectivity index (χ3n) is 5.44. The van der Waals surface area contributed by atoms with Crippen LogP contribution >= 0.6 is 0 Å². The lowest BCUT2D eigenvalue weighted by Gasteiger charge is -2.10. The Morgan fingerprint density at radius 3 is 2.77 bits per heavy atom. The highest BCUT2D eigenvalue weighted by molar-refractivity contribution is 6.11. The molecule has 4 aromatic rings. The van der Waals surface area contributed by atoms with Crippen molar-refractivity contribution in [3.63, 3.8) is 0 Å². The van der Waals surface area contributed by atoms with E-state index in [4.69, 9.17) is 4.98 Å². The molecule has 4 heterocycles. The molecule has 5 rings (SSSR count). The van der Waals surface area contributed by atoms with Gasteiger partial charge in [-0.1, -0.05) is 6.07 Å². The minimum Gasteiger partial charge on any atom is -0.348 e. The van der Waals surface area contributed by atoms with Gasteiger partial charge in [0.1, 0.15) is 23.4 Å². The molecule has 4 aromatic heterocycles. The summed E-state index contributed by atoms with van der Waals surface area (Å²) in [4.78, 5) is 22.4. The van der Waals surface area contributed by atoms with Gasteiger partial charge >= 0.3 is 0 Å². The molecule has 0 unspecified atom stereocenters. The molecule has 0 aliphatic heterocycles. The minimum absolute atomic E-state index is 0.206. The average molecular weight is 401 g/mol. The first-order valence-electron chi connectivity index (χ1n) is 10.2. The number of amides is 1. The second-order valence-electron chi connectivity index (χ2n) is 8.05. The molecule has 1 aliphatic rings. The Labute approximate surface area is 174 Å². The number of nitrogens with zero attached hydrogens (tertiary/aromatic N) is 6. The SMILES string of the molecule is CC(C)n1cnnc1-c1cccc(NC(=O)c2cn(C)c3ccc(C4CC4)nc23)n1. The van der Waals surface area contributed by atoms with Crippen LogP contribution in [0.2, 0.25) is 0 Å². The van der Waals surface area contributed by atoms with Crippen molar-refractivity contribution in [3.8, 4) is 11.5 Å². The Bertz CT molecular complexity index is 1250. The topological polar surface area (TPSA) is 90.5 Å². The maximum atomic E-state index is 13.1. The van der Waals surface area contributed by atoms with E-state index in [2.05, 4.69) is 40.4 Å². The van der Waals surface area contributed by atoms with Crippen LogP contribution in [-0.2, 0) is 7.05 Å². The van der Waals surface area contributed by atoms with E-state index in [1.54, 1.807) is 12.4 Å². The normalized spacial score (nSPS) is 13.9. The summed E-state index contributed by atoms with van der Waals surface area (Å²) < 4.78 is 3.88. The first kappa shape index (κ1) is 18.5. The summed E-state index contributed by atoms with van der Waals surface area (Å²) in [5, 5.41) is 11.1. The molecule has 1 N–H and O–H groups in total. The molecule has 0 aromatic carbocycles. The first-order chi connectivity index (χ1) is 14.5. The third kappa shape index (κ3) is 3.24. The van der Waals surface area contributed by atoms with Gasteiger partial charge in [-0.15, -0.1) is 10.2 Å². The van der Waals surface area contributed by atoms with Gasteiger partial charge < -0.3 is 14.5 Å². The lowest BCUT2D eigenvalue weighted by molar-refractivity contribution is 0.102. The van der Waals surface area contributed by atoms with Crippen LogP contribution in [0.15, 0.2) is 42.9 Å². The number of pyridine rings is 2. The molecule has 0 atom stereocenters. The fourth-order valence-electron chi connectivity index (χ4n) is 3.66. The number of aryl methyl sites for hydroxylation is 1. The van der Waals surface area contributed by atoms with Crippen LogP contribution in [0.1, 0.15) is 54.7 Å². The van der Waals surface area contributed by atoms with Crippen molar-refractivity contribution < 1.29 is 4.79 Å². The molecule has 30 heavy (non-hydrogen) atoms. The highest BCUT2D eigenvalue weighted by Crippen LogP contribution is 2.39. The van der Waals surface area contributed by atoms with Crippen LogP contribution in [0.5, 0.6) is 0 Å². The predicted octanol–water partition coefficient (Wildman–Crippen LogP) is 3.94. The molecule has 0 saturated heterocycles. The van der Waals surface area contributed by atoms with Crippen molar-refractivity contribution >= 4 is 22.8 Å². The monoisotopic (exact) mass is 401 g/mol. The van der Waals surface area contributed by atoms with E-state index >= 15 is 0 Å². The summed E-state index contributed by atoms with van der Waals surface area (Å²) >= 11 is 0. The van der Waals surface area contributed by atoms with Gasteiger partial charge in [-0.05, 0) is 51.0 Å². The van der Waals surface area contributed by atoms with Crippen molar-refractivity contribution in [3.05, 3.63) is 54.1 Å². The number of fused-ring (bicyclic) bond motifs is 1. The molecule has 0 radical (unpaired) electrons. The van der Waals surface area contributed by atoms with Crippen molar-refractivity contribution in [2.24, 2.45) is 7.05 Å².